The van der Waals surface area contributed by atoms with Crippen LogP contribution in [-0.4, -0.2) is 104 Å². The zero-order valence-corrected chi connectivity index (χ0v) is 12.4. The van der Waals surface area contributed by atoms with Gasteiger partial charge in [-0.3, -0.25) is 0 Å². The Morgan fingerprint density at radius 2 is 1.52 bits per heavy atom. The maximum absolute atomic E-state index is 10.1. The fraction of sp³-hybridized carbons (Fsp3) is 1.00. The van der Waals surface area contributed by atoms with Gasteiger partial charge in [0.2, 0.25) is 0 Å². The van der Waals surface area contributed by atoms with Crippen molar-refractivity contribution in [1.82, 2.24) is 0 Å². The molecule has 0 aromatic carbocycles. The third-order valence-electron chi connectivity index (χ3n) is 4.54. The lowest BCUT2D eigenvalue weighted by Gasteiger charge is -2.45. The minimum Gasteiger partial charge on any atom is -0.396 e. The Morgan fingerprint density at radius 1 is 0.870 bits per heavy atom. The van der Waals surface area contributed by atoms with E-state index < -0.39 is 67.6 Å². The lowest BCUT2D eigenvalue weighted by molar-refractivity contribution is -0.328. The monoisotopic (exact) mass is 339 g/mol. The van der Waals surface area contributed by atoms with Gasteiger partial charge >= 0.3 is 0 Å². The third kappa shape index (κ3) is 3.66. The number of hydrogen-bond acceptors (Lipinski definition) is 10. The molecule has 1 heterocycles. The van der Waals surface area contributed by atoms with Crippen LogP contribution in [0, 0.1) is 5.92 Å². The molecule has 0 spiro atoms. The molecule has 2 rings (SSSR count). The van der Waals surface area contributed by atoms with Gasteiger partial charge in [-0.1, -0.05) is 0 Å². The zero-order chi connectivity index (χ0) is 17.3. The molecule has 23 heavy (non-hydrogen) atoms. The Morgan fingerprint density at radius 3 is 2.09 bits per heavy atom. The predicted molar refractivity (Wildman–Crippen MR) is 73.8 cm³/mol. The first-order chi connectivity index (χ1) is 10.8. The van der Waals surface area contributed by atoms with E-state index in [1.54, 1.807) is 0 Å². The minimum atomic E-state index is -1.63. The zero-order valence-electron chi connectivity index (χ0n) is 12.4. The largest absolute Gasteiger partial charge is 0.396 e. The number of hydrogen-bond donors (Lipinski definition) is 8. The Bertz CT molecular complexity index is 382. The van der Waals surface area contributed by atoms with Crippen LogP contribution in [0.25, 0.3) is 0 Å². The lowest BCUT2D eigenvalue weighted by Crippen LogP contribution is -2.63. The second-order valence-electron chi connectivity index (χ2n) is 6.12. The fourth-order valence-corrected chi connectivity index (χ4v) is 3.05. The molecule has 10 atom stereocenters. The number of aliphatic hydroxyl groups excluding tert-OH is 7. The Labute approximate surface area is 132 Å². The summed E-state index contributed by atoms with van der Waals surface area (Å²) in [6.45, 7) is -0.992. The topological polar surface area (TPSA) is 186 Å². The molecule has 0 aromatic rings. The van der Waals surface area contributed by atoms with Crippen molar-refractivity contribution in [3.05, 3.63) is 0 Å². The number of aliphatic hydroxyl groups is 7. The summed E-state index contributed by atoms with van der Waals surface area (Å²) in [6, 6.07) is -0.739. The molecule has 0 radical (unpaired) electrons. The van der Waals surface area contributed by atoms with Crippen LogP contribution in [0.2, 0.25) is 0 Å². The van der Waals surface area contributed by atoms with E-state index in [2.05, 4.69) is 0 Å². The van der Waals surface area contributed by atoms with Gasteiger partial charge in [0, 0.05) is 18.6 Å². The summed E-state index contributed by atoms with van der Waals surface area (Å²) in [7, 11) is 0. The van der Waals surface area contributed by atoms with Crippen LogP contribution in [0.4, 0.5) is 0 Å². The van der Waals surface area contributed by atoms with E-state index >= 15 is 0 Å². The molecule has 0 aromatic heterocycles. The van der Waals surface area contributed by atoms with Crippen LogP contribution < -0.4 is 5.73 Å². The summed E-state index contributed by atoms with van der Waals surface area (Å²) >= 11 is 0. The van der Waals surface area contributed by atoms with Gasteiger partial charge in [-0.2, -0.15) is 0 Å². The molecule has 0 bridgehead atoms. The number of nitrogens with two attached hydrogens (primary N) is 1. The maximum atomic E-state index is 10.1. The van der Waals surface area contributed by atoms with Crippen molar-refractivity contribution in [3.8, 4) is 0 Å². The molecular formula is C13H25NO9. The first-order valence-corrected chi connectivity index (χ1v) is 7.50. The van der Waals surface area contributed by atoms with Crippen molar-refractivity contribution in [3.63, 3.8) is 0 Å². The summed E-state index contributed by atoms with van der Waals surface area (Å²) in [4.78, 5) is 0. The van der Waals surface area contributed by atoms with E-state index in [9.17, 15) is 30.6 Å². The average Bonchev–Trinajstić information content (AvgIpc) is 2.55. The van der Waals surface area contributed by atoms with Crippen molar-refractivity contribution in [2.45, 2.75) is 61.5 Å². The molecule has 1 saturated carbocycles. The van der Waals surface area contributed by atoms with E-state index in [1.807, 2.05) is 0 Å². The molecule has 10 heteroatoms. The van der Waals surface area contributed by atoms with Crippen LogP contribution in [0.15, 0.2) is 0 Å². The quantitative estimate of drug-likeness (QED) is 0.247. The molecule has 3 unspecified atom stereocenters. The van der Waals surface area contributed by atoms with Gasteiger partial charge < -0.3 is 51.0 Å². The highest BCUT2D eigenvalue weighted by Crippen LogP contribution is 2.31. The van der Waals surface area contributed by atoms with Gasteiger partial charge in [0.05, 0.1) is 18.8 Å². The number of rotatable bonds is 4. The highest BCUT2D eigenvalue weighted by molar-refractivity contribution is 4.97. The van der Waals surface area contributed by atoms with Gasteiger partial charge in [0.15, 0.2) is 6.29 Å². The van der Waals surface area contributed by atoms with E-state index in [-0.39, 0.29) is 13.0 Å². The smallest absolute Gasteiger partial charge is 0.187 e. The van der Waals surface area contributed by atoms with Gasteiger partial charge in [0.25, 0.3) is 0 Å². The highest BCUT2D eigenvalue weighted by atomic mass is 16.7. The summed E-state index contributed by atoms with van der Waals surface area (Å²) in [5.74, 6) is -0.615. The van der Waals surface area contributed by atoms with Crippen molar-refractivity contribution < 1.29 is 45.2 Å². The summed E-state index contributed by atoms with van der Waals surface area (Å²) < 4.78 is 10.6. The molecule has 136 valence electrons. The summed E-state index contributed by atoms with van der Waals surface area (Å²) in [6.07, 6.45) is -11.0. The first kappa shape index (κ1) is 18.9. The Balaban J connectivity index is 2.11. The fourth-order valence-electron chi connectivity index (χ4n) is 3.05. The van der Waals surface area contributed by atoms with Crippen molar-refractivity contribution in [2.75, 3.05) is 13.2 Å². The average molecular weight is 339 g/mol. The minimum absolute atomic E-state index is 0.177. The van der Waals surface area contributed by atoms with Crippen LogP contribution in [0.1, 0.15) is 6.42 Å². The molecule has 1 aliphatic carbocycles. The van der Waals surface area contributed by atoms with Crippen molar-refractivity contribution in [1.29, 1.82) is 0 Å². The molecule has 1 aliphatic heterocycles. The Kier molecular flexibility index (Phi) is 6.30. The van der Waals surface area contributed by atoms with E-state index in [0.717, 1.165) is 0 Å². The van der Waals surface area contributed by atoms with Crippen LogP contribution >= 0.6 is 0 Å². The molecule has 2 fully saturated rings. The lowest BCUT2D eigenvalue weighted by atomic mass is 9.80. The Hall–Kier alpha value is -0.400. The van der Waals surface area contributed by atoms with E-state index in [0.29, 0.717) is 0 Å². The predicted octanol–water partition coefficient (Wildman–Crippen LogP) is -4.77. The molecule has 2 aliphatic rings. The molecular weight excluding hydrogens is 314 g/mol. The molecule has 0 amide bonds. The second kappa shape index (κ2) is 7.66. The van der Waals surface area contributed by atoms with Crippen LogP contribution in [-0.2, 0) is 9.47 Å². The normalized spacial score (nSPS) is 51.7. The SMILES string of the molecule is N[C@H]1CC(CO)[C@@H](O[C@H]2OC(CO)[C@@H](O)C(O)[C@@H]2O)[C@H](O)[C@@H]1O. The summed E-state index contributed by atoms with van der Waals surface area (Å²) in [5, 5.41) is 67.9. The molecule has 1 saturated heterocycles. The third-order valence-corrected chi connectivity index (χ3v) is 4.54. The maximum Gasteiger partial charge on any atom is 0.187 e. The van der Waals surface area contributed by atoms with Crippen LogP contribution in [0.3, 0.4) is 0 Å². The van der Waals surface area contributed by atoms with Crippen molar-refractivity contribution in [2.24, 2.45) is 11.7 Å². The van der Waals surface area contributed by atoms with E-state index in [1.165, 1.54) is 0 Å². The van der Waals surface area contributed by atoms with Crippen LogP contribution in [0.5, 0.6) is 0 Å². The van der Waals surface area contributed by atoms with Gasteiger partial charge in [0.1, 0.15) is 30.5 Å². The second-order valence-corrected chi connectivity index (χ2v) is 6.12. The van der Waals surface area contributed by atoms with Gasteiger partial charge in [-0.05, 0) is 6.42 Å². The molecule has 10 nitrogen and oxygen atoms in total. The number of ether oxygens (including phenoxy) is 2. The van der Waals surface area contributed by atoms with Crippen molar-refractivity contribution >= 4 is 0 Å². The van der Waals surface area contributed by atoms with Gasteiger partial charge in [-0.15, -0.1) is 0 Å². The highest BCUT2D eigenvalue weighted by Gasteiger charge is 2.49. The molecule has 9 N–H and O–H groups in total. The van der Waals surface area contributed by atoms with E-state index in [4.69, 9.17) is 20.3 Å². The van der Waals surface area contributed by atoms with Gasteiger partial charge in [-0.25, -0.2) is 0 Å². The first-order valence-electron chi connectivity index (χ1n) is 7.50. The summed E-state index contributed by atoms with van der Waals surface area (Å²) in [5.41, 5.74) is 5.68. The standard InChI is InChI=1S/C13H25NO9/c14-5-1-4(2-15)12(10(20)7(5)17)23-13-11(21)9(19)8(18)6(3-16)22-13/h4-13,15-21H,1-3,14H2/t4?,5-,6?,7+,8+,9?,10+,11-,12+,13+/m0/s1.